The Hall–Kier alpha value is -4.78. The van der Waals surface area contributed by atoms with Crippen molar-refractivity contribution in [3.05, 3.63) is 65.9 Å². The summed E-state index contributed by atoms with van der Waals surface area (Å²) in [6, 6.07) is 14.7. The number of amides is 2. The molecule has 4 unspecified atom stereocenters. The number of ether oxygens (including phenoxy) is 2. The van der Waals surface area contributed by atoms with Gasteiger partial charge in [-0.15, -0.1) is 0 Å². The molecule has 312 valence electrons. The molecule has 3 saturated heterocycles. The predicted molar refractivity (Wildman–Crippen MR) is 231 cm³/mol. The molecule has 12 heteroatoms. The van der Waals surface area contributed by atoms with E-state index in [-0.39, 0.29) is 72.1 Å². The molecule has 0 bridgehead atoms. The Morgan fingerprint density at radius 2 is 1.53 bits per heavy atom. The first-order valence-electron chi connectivity index (χ1n) is 21.9. The van der Waals surface area contributed by atoms with E-state index in [1.165, 1.54) is 0 Å². The van der Waals surface area contributed by atoms with Crippen LogP contribution in [0.25, 0.3) is 44.2 Å². The molecule has 3 aromatic carbocycles. The highest BCUT2D eigenvalue weighted by molar-refractivity contribution is 6.07. The Labute approximate surface area is 347 Å². The second kappa shape index (κ2) is 15.7. The van der Waals surface area contributed by atoms with Gasteiger partial charge in [-0.2, -0.15) is 0 Å². The summed E-state index contributed by atoms with van der Waals surface area (Å²) in [6.07, 6.45) is 7.54. The van der Waals surface area contributed by atoms with Crippen LogP contribution < -0.4 is 15.4 Å². The molecule has 0 saturated carbocycles. The van der Waals surface area contributed by atoms with Gasteiger partial charge in [0.1, 0.15) is 24.0 Å². The fraction of sp³-hybridized carbons (Fsp3) is 0.532. The number of nitrogens with one attached hydrogen (secondary N) is 4. The lowest BCUT2D eigenvalue weighted by atomic mass is 9.85. The molecule has 2 amide bonds. The highest BCUT2D eigenvalue weighted by Crippen LogP contribution is 2.44. The topological polar surface area (TPSA) is 140 Å². The fourth-order valence-electron chi connectivity index (χ4n) is 10.9. The lowest BCUT2D eigenvalue weighted by molar-refractivity contribution is -0.140. The highest BCUT2D eigenvalue weighted by atomic mass is 16.5. The van der Waals surface area contributed by atoms with Gasteiger partial charge in [-0.05, 0) is 138 Å². The van der Waals surface area contributed by atoms with Crippen LogP contribution >= 0.6 is 0 Å². The standard InChI is InChI=1S/C47H60N8O4/c1-24(2)41(48-7)46(56)54-25(3)9-15-38(54)44-50-22-37(52-44)30-11-13-33-32(19-30)23-58-40-21-34-29(20-35(33)40)12-14-36-43(34)53-45(51-36)39-16-10-26(4)55(39)47(57)42(49-8)31-17-27(5)59-28(6)18-31/h11-14,19-22,24-28,31,38-39,41-42,48-49H,9-10,15-18,23H2,1-8H3,(H,50,52)(H,51,53)/t25-,26-,27?,28?,31?,38-,39-,41?,42?/m0/s1. The maximum absolute atomic E-state index is 14.4. The van der Waals surface area contributed by atoms with Crippen molar-refractivity contribution in [3.63, 3.8) is 0 Å². The lowest BCUT2D eigenvalue weighted by Gasteiger charge is -2.39. The molecular formula is C47H60N8O4. The smallest absolute Gasteiger partial charge is 0.240 e. The summed E-state index contributed by atoms with van der Waals surface area (Å²) in [5, 5.41) is 8.74. The van der Waals surface area contributed by atoms with Gasteiger partial charge in [-0.3, -0.25) is 9.59 Å². The van der Waals surface area contributed by atoms with E-state index in [4.69, 9.17) is 19.4 Å². The van der Waals surface area contributed by atoms with Gasteiger partial charge in [0.25, 0.3) is 0 Å². The number of likely N-dealkylation sites (N-methyl/N-ethyl adjacent to an activating group) is 2. The zero-order valence-corrected chi connectivity index (χ0v) is 35.8. The number of hydrogen-bond acceptors (Lipinski definition) is 8. The molecule has 12 nitrogen and oxygen atoms in total. The summed E-state index contributed by atoms with van der Waals surface area (Å²) in [7, 11) is 3.77. The largest absolute Gasteiger partial charge is 0.488 e. The summed E-state index contributed by atoms with van der Waals surface area (Å²) in [5.74, 6) is 3.21. The zero-order valence-electron chi connectivity index (χ0n) is 35.8. The highest BCUT2D eigenvalue weighted by Gasteiger charge is 2.44. The van der Waals surface area contributed by atoms with E-state index < -0.39 is 0 Å². The van der Waals surface area contributed by atoms with Crippen LogP contribution in [0.1, 0.15) is 109 Å². The number of carbonyl (C=O) groups is 2. The van der Waals surface area contributed by atoms with Crippen molar-refractivity contribution in [3.8, 4) is 28.1 Å². The Morgan fingerprint density at radius 1 is 0.814 bits per heavy atom. The van der Waals surface area contributed by atoms with E-state index in [0.29, 0.717) is 6.61 Å². The molecule has 8 atom stereocenters. The van der Waals surface area contributed by atoms with Crippen molar-refractivity contribution in [2.24, 2.45) is 11.8 Å². The van der Waals surface area contributed by atoms with E-state index in [1.54, 1.807) is 0 Å². The van der Waals surface area contributed by atoms with Gasteiger partial charge in [0, 0.05) is 23.0 Å². The quantitative estimate of drug-likeness (QED) is 0.118. The van der Waals surface area contributed by atoms with Crippen molar-refractivity contribution in [1.29, 1.82) is 0 Å². The number of nitrogens with zero attached hydrogens (tertiary/aromatic N) is 4. The van der Waals surface area contributed by atoms with E-state index in [1.807, 2.05) is 25.2 Å². The van der Waals surface area contributed by atoms with Crippen LogP contribution in [0.2, 0.25) is 0 Å². The van der Waals surface area contributed by atoms with Crippen LogP contribution in [0.4, 0.5) is 0 Å². The number of imidazole rings is 2. The Balaban J connectivity index is 0.972. The summed E-state index contributed by atoms with van der Waals surface area (Å²) < 4.78 is 12.5. The number of aromatic nitrogens is 4. The molecule has 6 heterocycles. The normalized spacial score (nSPS) is 26.6. The van der Waals surface area contributed by atoms with Gasteiger partial charge in [-0.25, -0.2) is 9.97 Å². The van der Waals surface area contributed by atoms with E-state index in [0.717, 1.165) is 106 Å². The minimum absolute atomic E-state index is 0.0805. The third kappa shape index (κ3) is 7.00. The SMILES string of the molecule is CNC(C(=O)N1[C@@H](C)CC[C@H]1c1ncc(-c2ccc3c(c2)COc2cc4c(ccc5[nH]c([C@@H]6CC[C@H](C)N6C(=O)C(NC)C6CC(C)OC(C)C6)nc54)cc2-3)[nH]1)C(C)C. The second-order valence-electron chi connectivity index (χ2n) is 18.1. The van der Waals surface area contributed by atoms with Gasteiger partial charge in [0.15, 0.2) is 0 Å². The molecule has 2 aromatic heterocycles. The fourth-order valence-corrected chi connectivity index (χ4v) is 10.9. The number of benzene rings is 3. The van der Waals surface area contributed by atoms with Gasteiger partial charge < -0.3 is 39.9 Å². The molecule has 9 rings (SSSR count). The number of fused-ring (bicyclic) bond motifs is 6. The number of rotatable bonds is 9. The zero-order chi connectivity index (χ0) is 41.3. The van der Waals surface area contributed by atoms with Crippen LogP contribution in [-0.2, 0) is 20.9 Å². The summed E-state index contributed by atoms with van der Waals surface area (Å²) in [6.45, 7) is 13.1. The molecule has 3 fully saturated rings. The van der Waals surface area contributed by atoms with Crippen LogP contribution in [0.3, 0.4) is 0 Å². The molecule has 59 heavy (non-hydrogen) atoms. The van der Waals surface area contributed by atoms with Crippen LogP contribution in [0.15, 0.2) is 48.7 Å². The maximum atomic E-state index is 14.4. The van der Waals surface area contributed by atoms with Crippen LogP contribution in [-0.4, -0.2) is 92.0 Å². The van der Waals surface area contributed by atoms with Crippen molar-refractivity contribution in [1.82, 2.24) is 40.4 Å². The van der Waals surface area contributed by atoms with Crippen molar-refractivity contribution in [2.45, 2.75) is 135 Å². The number of likely N-dealkylation sites (tertiary alicyclic amines) is 2. The third-order valence-electron chi connectivity index (χ3n) is 13.8. The first kappa shape index (κ1) is 39.7. The van der Waals surface area contributed by atoms with Gasteiger partial charge in [-0.1, -0.05) is 32.0 Å². The second-order valence-corrected chi connectivity index (χ2v) is 18.1. The van der Waals surface area contributed by atoms with E-state index >= 15 is 0 Å². The van der Waals surface area contributed by atoms with Gasteiger partial charge >= 0.3 is 0 Å². The first-order chi connectivity index (χ1) is 28.4. The predicted octanol–water partition coefficient (Wildman–Crippen LogP) is 7.81. The lowest BCUT2D eigenvalue weighted by Crippen LogP contribution is -2.53. The van der Waals surface area contributed by atoms with Crippen molar-refractivity contribution >= 4 is 33.6 Å². The number of carbonyl (C=O) groups excluding carboxylic acids is 2. The molecular weight excluding hydrogens is 741 g/mol. The first-order valence-corrected chi connectivity index (χ1v) is 21.9. The number of aromatic amines is 2. The molecule has 0 radical (unpaired) electrons. The average molecular weight is 801 g/mol. The van der Waals surface area contributed by atoms with E-state index in [2.05, 4.69) is 110 Å². The summed E-state index contributed by atoms with van der Waals surface area (Å²) in [5.41, 5.74) is 7.13. The molecule has 5 aromatic rings. The van der Waals surface area contributed by atoms with Gasteiger partial charge in [0.05, 0.1) is 59.3 Å². The molecule has 4 aliphatic heterocycles. The third-order valence-corrected chi connectivity index (χ3v) is 13.8. The molecule has 4 aliphatic rings. The average Bonchev–Trinajstić information content (AvgIpc) is 4.02. The minimum Gasteiger partial charge on any atom is -0.488 e. The molecule has 4 N–H and O–H groups in total. The van der Waals surface area contributed by atoms with E-state index in [9.17, 15) is 9.59 Å². The van der Waals surface area contributed by atoms with Gasteiger partial charge in [0.2, 0.25) is 11.8 Å². The summed E-state index contributed by atoms with van der Waals surface area (Å²) in [4.78, 5) is 49.4. The molecule has 0 spiro atoms. The van der Waals surface area contributed by atoms with Crippen molar-refractivity contribution < 1.29 is 19.1 Å². The van der Waals surface area contributed by atoms with Crippen LogP contribution in [0, 0.1) is 11.8 Å². The number of H-pyrrole nitrogens is 2. The Bertz CT molecular complexity index is 2380. The number of hydrogen-bond donors (Lipinski definition) is 4. The summed E-state index contributed by atoms with van der Waals surface area (Å²) >= 11 is 0. The maximum Gasteiger partial charge on any atom is 0.240 e. The Morgan fingerprint density at radius 3 is 2.22 bits per heavy atom. The Kier molecular flexibility index (Phi) is 10.5. The minimum atomic E-state index is -0.262. The monoisotopic (exact) mass is 800 g/mol. The molecule has 0 aliphatic carbocycles. The van der Waals surface area contributed by atoms with Crippen LogP contribution in [0.5, 0.6) is 5.75 Å². The van der Waals surface area contributed by atoms with Crippen molar-refractivity contribution in [2.75, 3.05) is 14.1 Å².